The van der Waals surface area contributed by atoms with Gasteiger partial charge in [0, 0.05) is 31.3 Å². The molecule has 1 saturated heterocycles. The van der Waals surface area contributed by atoms with Gasteiger partial charge in [0.2, 0.25) is 17.6 Å². The summed E-state index contributed by atoms with van der Waals surface area (Å²) in [6.07, 6.45) is 1.80. The number of carbonyl (C=O) groups excluding carboxylic acids is 2. The Morgan fingerprint density at radius 1 is 1.24 bits per heavy atom. The molecule has 1 atom stereocenters. The molecule has 0 spiro atoms. The number of fused-ring (bicyclic) bond motifs is 1. The molecule has 4 rings (SSSR count). The fourth-order valence-corrected chi connectivity index (χ4v) is 4.11. The van der Waals surface area contributed by atoms with E-state index in [1.54, 1.807) is 4.90 Å². The topological polar surface area (TPSA) is 83.8 Å². The number of halogens is 1. The number of carbonyl (C=O) groups is 2. The van der Waals surface area contributed by atoms with Crippen molar-refractivity contribution in [2.75, 3.05) is 22.9 Å². The van der Waals surface area contributed by atoms with E-state index in [2.05, 4.69) is 6.07 Å². The van der Waals surface area contributed by atoms with Gasteiger partial charge in [0.05, 0.1) is 16.5 Å². The number of anilines is 2. The van der Waals surface area contributed by atoms with Gasteiger partial charge in [-0.3, -0.25) is 19.7 Å². The van der Waals surface area contributed by atoms with Gasteiger partial charge in [-0.25, -0.2) is 0 Å². The molecule has 8 heteroatoms. The fourth-order valence-electron chi connectivity index (χ4n) is 4.11. The van der Waals surface area contributed by atoms with Crippen LogP contribution < -0.4 is 9.80 Å². The zero-order chi connectivity index (χ0) is 20.7. The summed E-state index contributed by atoms with van der Waals surface area (Å²) >= 11 is 0. The lowest BCUT2D eigenvalue weighted by atomic mass is 9.97. The predicted molar refractivity (Wildman–Crippen MR) is 105 cm³/mol. The number of aryl methyl sites for hydroxylation is 2. The minimum absolute atomic E-state index is 0.0295. The number of hydrogen-bond acceptors (Lipinski definition) is 4. The average molecular weight is 397 g/mol. The van der Waals surface area contributed by atoms with E-state index < -0.39 is 22.3 Å². The van der Waals surface area contributed by atoms with Crippen molar-refractivity contribution in [3.8, 4) is 0 Å². The summed E-state index contributed by atoms with van der Waals surface area (Å²) in [5, 5.41) is 11.0. The number of nitro benzene ring substituents is 1. The second-order valence-corrected chi connectivity index (χ2v) is 7.52. The first-order valence-electron chi connectivity index (χ1n) is 9.50. The Morgan fingerprint density at radius 2 is 2.03 bits per heavy atom. The molecule has 0 radical (unpaired) electrons. The SMILES string of the molecule is Cc1ccc2c(c1)CCCN2C(=O)C1CC(=O)N(c2ccc(F)c([N+](=O)[O-])c2)C1. The molecular weight excluding hydrogens is 377 g/mol. The third-order valence-corrected chi connectivity index (χ3v) is 5.53. The number of nitrogens with zero attached hydrogens (tertiary/aromatic N) is 3. The predicted octanol–water partition coefficient (Wildman–Crippen LogP) is 3.37. The summed E-state index contributed by atoms with van der Waals surface area (Å²) < 4.78 is 13.6. The lowest BCUT2D eigenvalue weighted by molar-refractivity contribution is -0.387. The molecule has 0 bridgehead atoms. The van der Waals surface area contributed by atoms with Crippen LogP contribution in [0, 0.1) is 28.8 Å². The quantitative estimate of drug-likeness (QED) is 0.587. The van der Waals surface area contributed by atoms with Crippen LogP contribution in [0.15, 0.2) is 36.4 Å². The molecule has 2 aliphatic rings. The van der Waals surface area contributed by atoms with Gasteiger partial charge in [0.25, 0.3) is 0 Å². The van der Waals surface area contributed by atoms with Crippen LogP contribution in [-0.2, 0) is 16.0 Å². The van der Waals surface area contributed by atoms with Crippen molar-refractivity contribution in [2.45, 2.75) is 26.2 Å². The van der Waals surface area contributed by atoms with Crippen LogP contribution in [0.1, 0.15) is 24.0 Å². The van der Waals surface area contributed by atoms with Gasteiger partial charge in [-0.2, -0.15) is 4.39 Å². The maximum absolute atomic E-state index is 13.6. The molecule has 2 aromatic carbocycles. The Labute approximate surface area is 166 Å². The molecule has 0 aromatic heterocycles. The van der Waals surface area contributed by atoms with Crippen molar-refractivity contribution < 1.29 is 18.9 Å². The van der Waals surface area contributed by atoms with Crippen LogP contribution in [0.3, 0.4) is 0 Å². The van der Waals surface area contributed by atoms with E-state index in [1.807, 2.05) is 19.1 Å². The number of amides is 2. The molecule has 2 aromatic rings. The highest BCUT2D eigenvalue weighted by atomic mass is 19.1. The molecule has 1 unspecified atom stereocenters. The number of rotatable bonds is 3. The third kappa shape index (κ3) is 3.46. The Balaban J connectivity index is 1.57. The third-order valence-electron chi connectivity index (χ3n) is 5.53. The van der Waals surface area contributed by atoms with Gasteiger partial charge in [-0.05, 0) is 43.5 Å². The Morgan fingerprint density at radius 3 is 2.79 bits per heavy atom. The highest BCUT2D eigenvalue weighted by molar-refractivity contribution is 6.05. The van der Waals surface area contributed by atoms with E-state index in [4.69, 9.17) is 0 Å². The van der Waals surface area contributed by atoms with Crippen LogP contribution in [0.4, 0.5) is 21.5 Å². The molecule has 2 aliphatic heterocycles. The summed E-state index contributed by atoms with van der Waals surface area (Å²) in [4.78, 5) is 38.9. The van der Waals surface area contributed by atoms with Crippen molar-refractivity contribution in [3.63, 3.8) is 0 Å². The molecule has 1 fully saturated rings. The van der Waals surface area contributed by atoms with Crippen LogP contribution in [0.5, 0.6) is 0 Å². The van der Waals surface area contributed by atoms with Gasteiger partial charge in [-0.1, -0.05) is 17.7 Å². The standard InChI is InChI=1S/C21H20FN3O4/c1-13-4-7-18-14(9-13)3-2-8-23(18)21(27)15-10-20(26)24(12-15)16-5-6-17(22)19(11-16)25(28)29/h4-7,9,11,15H,2-3,8,10,12H2,1H3. The monoisotopic (exact) mass is 397 g/mol. The largest absolute Gasteiger partial charge is 0.312 e. The highest BCUT2D eigenvalue weighted by Crippen LogP contribution is 2.33. The van der Waals surface area contributed by atoms with E-state index in [0.717, 1.165) is 41.8 Å². The van der Waals surface area contributed by atoms with Gasteiger partial charge >= 0.3 is 5.69 Å². The first-order chi connectivity index (χ1) is 13.8. The molecule has 150 valence electrons. The van der Waals surface area contributed by atoms with Crippen LogP contribution in [0.25, 0.3) is 0 Å². The van der Waals surface area contributed by atoms with Gasteiger partial charge in [0.15, 0.2) is 0 Å². The van der Waals surface area contributed by atoms with Gasteiger partial charge in [0.1, 0.15) is 0 Å². The second kappa shape index (κ2) is 7.27. The summed E-state index contributed by atoms with van der Waals surface area (Å²) in [5.74, 6) is -1.93. The lowest BCUT2D eigenvalue weighted by Gasteiger charge is -2.31. The minimum Gasteiger partial charge on any atom is -0.312 e. The van der Waals surface area contributed by atoms with E-state index in [1.165, 1.54) is 11.0 Å². The molecule has 2 amide bonds. The summed E-state index contributed by atoms with van der Waals surface area (Å²) in [6.45, 7) is 2.73. The first-order valence-corrected chi connectivity index (χ1v) is 9.50. The zero-order valence-corrected chi connectivity index (χ0v) is 15.9. The van der Waals surface area contributed by atoms with E-state index in [9.17, 15) is 24.1 Å². The molecule has 0 aliphatic carbocycles. The smallest absolute Gasteiger partial charge is 0.306 e. The van der Waals surface area contributed by atoms with E-state index in [0.29, 0.717) is 6.54 Å². The highest BCUT2D eigenvalue weighted by Gasteiger charge is 2.39. The number of hydrogen-bond donors (Lipinski definition) is 0. The van der Waals surface area contributed by atoms with Crippen molar-refractivity contribution in [3.05, 3.63) is 63.5 Å². The van der Waals surface area contributed by atoms with Gasteiger partial charge in [-0.15, -0.1) is 0 Å². The molecular formula is C21H20FN3O4. The normalized spacial score (nSPS) is 18.7. The van der Waals surface area contributed by atoms with Crippen LogP contribution >= 0.6 is 0 Å². The molecule has 0 saturated carbocycles. The average Bonchev–Trinajstić information content (AvgIpc) is 3.08. The van der Waals surface area contributed by atoms with Crippen molar-refractivity contribution in [1.29, 1.82) is 0 Å². The Hall–Kier alpha value is -3.29. The van der Waals surface area contributed by atoms with E-state index in [-0.39, 0.29) is 30.5 Å². The Kier molecular flexibility index (Phi) is 4.77. The van der Waals surface area contributed by atoms with Crippen molar-refractivity contribution in [1.82, 2.24) is 0 Å². The minimum atomic E-state index is -0.960. The lowest BCUT2D eigenvalue weighted by Crippen LogP contribution is -2.40. The van der Waals surface area contributed by atoms with Gasteiger partial charge < -0.3 is 9.80 Å². The van der Waals surface area contributed by atoms with Crippen molar-refractivity contribution >= 4 is 28.9 Å². The molecule has 29 heavy (non-hydrogen) atoms. The molecule has 2 heterocycles. The second-order valence-electron chi connectivity index (χ2n) is 7.52. The summed E-state index contributed by atoms with van der Waals surface area (Å²) in [5.41, 5.74) is 2.69. The molecule has 0 N–H and O–H groups in total. The van der Waals surface area contributed by atoms with Crippen molar-refractivity contribution in [2.24, 2.45) is 5.92 Å². The van der Waals surface area contributed by atoms with Crippen LogP contribution in [-0.4, -0.2) is 29.8 Å². The maximum Gasteiger partial charge on any atom is 0.306 e. The maximum atomic E-state index is 13.6. The summed E-state index contributed by atoms with van der Waals surface area (Å²) in [6, 6.07) is 9.33. The number of nitro groups is 1. The fraction of sp³-hybridized carbons (Fsp3) is 0.333. The van der Waals surface area contributed by atoms with Crippen LogP contribution in [0.2, 0.25) is 0 Å². The van der Waals surface area contributed by atoms with E-state index >= 15 is 0 Å². The molecule has 7 nitrogen and oxygen atoms in total. The summed E-state index contributed by atoms with van der Waals surface area (Å²) in [7, 11) is 0. The zero-order valence-electron chi connectivity index (χ0n) is 15.9. The number of benzene rings is 2. The Bertz CT molecular complexity index is 1020. The first kappa shape index (κ1) is 19.0.